The molecule has 9 nitrogen and oxygen atoms in total. The van der Waals surface area contributed by atoms with E-state index in [1.165, 1.54) is 22.3 Å². The number of anilines is 2. The summed E-state index contributed by atoms with van der Waals surface area (Å²) in [5.41, 5.74) is 3.30. The molecule has 0 bridgehead atoms. The van der Waals surface area contributed by atoms with Crippen LogP contribution in [0.3, 0.4) is 0 Å². The van der Waals surface area contributed by atoms with Crippen LogP contribution in [0.25, 0.3) is 0 Å². The molecular formula is C38H35ClN4O5S. The third kappa shape index (κ3) is 7.66. The fourth-order valence-corrected chi connectivity index (χ4v) is 7.20. The fraction of sp³-hybridized carbons (Fsp3) is 0.237. The first kappa shape index (κ1) is 33.8. The summed E-state index contributed by atoms with van der Waals surface area (Å²) in [5.74, 6) is -1.87. The SMILES string of the molecule is O=C1C=C(N2CCC(C(=O)Nc3ccc(N(C(=O)CCl)C(C(=O)NCCc4ccccc4)c4cccs4)cc3)CC2)C(=O)c2ccccc21. The Balaban J connectivity index is 1.10. The molecule has 4 aromatic rings. The van der Waals surface area contributed by atoms with Gasteiger partial charge in [0.2, 0.25) is 23.5 Å². The highest BCUT2D eigenvalue weighted by Crippen LogP contribution is 2.33. The maximum atomic E-state index is 13.6. The van der Waals surface area contributed by atoms with E-state index in [0.717, 1.165) is 5.56 Å². The molecule has 2 heterocycles. The first-order chi connectivity index (χ1) is 23.8. The van der Waals surface area contributed by atoms with Gasteiger partial charge in [-0.25, -0.2) is 0 Å². The van der Waals surface area contributed by atoms with Gasteiger partial charge in [0.15, 0.2) is 5.78 Å². The molecular weight excluding hydrogens is 660 g/mol. The molecule has 1 aliphatic heterocycles. The number of nitrogens with one attached hydrogen (secondary N) is 2. The van der Waals surface area contributed by atoms with Crippen molar-refractivity contribution in [1.82, 2.24) is 10.2 Å². The molecule has 1 aromatic heterocycles. The maximum absolute atomic E-state index is 13.6. The van der Waals surface area contributed by atoms with Crippen LogP contribution in [0, 0.1) is 5.92 Å². The molecule has 49 heavy (non-hydrogen) atoms. The highest BCUT2D eigenvalue weighted by atomic mass is 35.5. The molecule has 1 atom stereocenters. The standard InChI is InChI=1S/C38H35ClN4O5S/c39-24-34(45)43(35(33-11-6-22-49-33)38(48)40-19-16-25-7-2-1-3-8-25)28-14-12-27(13-15-28)41-37(47)26-17-20-42(21-18-26)31-23-32(44)29-9-4-5-10-30(29)36(31)46/h1-15,22-23,26,35H,16-21,24H2,(H,40,48)(H,41,47). The molecule has 11 heteroatoms. The van der Waals surface area contributed by atoms with Crippen molar-refractivity contribution in [3.8, 4) is 0 Å². The van der Waals surface area contributed by atoms with Gasteiger partial charge in [-0.05, 0) is 60.5 Å². The van der Waals surface area contributed by atoms with Gasteiger partial charge in [0.05, 0.1) is 5.70 Å². The molecule has 6 rings (SSSR count). The number of carbonyl (C=O) groups excluding carboxylic acids is 5. The van der Waals surface area contributed by atoms with Gasteiger partial charge >= 0.3 is 0 Å². The second-order valence-electron chi connectivity index (χ2n) is 11.9. The van der Waals surface area contributed by atoms with Crippen LogP contribution in [0.1, 0.15) is 50.0 Å². The number of carbonyl (C=O) groups is 5. The predicted molar refractivity (Wildman–Crippen MR) is 191 cm³/mol. The summed E-state index contributed by atoms with van der Waals surface area (Å²) < 4.78 is 0. The maximum Gasteiger partial charge on any atom is 0.248 e. The molecule has 3 amide bonds. The number of piperidine rings is 1. The Bertz CT molecular complexity index is 1870. The Labute approximate surface area is 293 Å². The number of Topliss-reactive ketones (excluding diaryl/α,β-unsaturated/α-hetero) is 1. The smallest absolute Gasteiger partial charge is 0.248 e. The minimum absolute atomic E-state index is 0.152. The van der Waals surface area contributed by atoms with E-state index in [1.807, 2.05) is 52.7 Å². The minimum atomic E-state index is -0.928. The normalized spacial score (nSPS) is 15.2. The number of hydrogen-bond acceptors (Lipinski definition) is 7. The molecule has 0 radical (unpaired) electrons. The second-order valence-corrected chi connectivity index (χ2v) is 13.2. The van der Waals surface area contributed by atoms with E-state index in [9.17, 15) is 24.0 Å². The molecule has 2 aliphatic rings. The number of benzene rings is 3. The Kier molecular flexibility index (Phi) is 10.7. The zero-order chi connectivity index (χ0) is 34.3. The van der Waals surface area contributed by atoms with Gasteiger partial charge in [0.1, 0.15) is 11.9 Å². The van der Waals surface area contributed by atoms with Crippen molar-refractivity contribution in [2.24, 2.45) is 5.92 Å². The number of fused-ring (bicyclic) bond motifs is 1. The number of likely N-dealkylation sites (tertiary alicyclic amines) is 1. The topological polar surface area (TPSA) is 116 Å². The van der Waals surface area contributed by atoms with Crippen molar-refractivity contribution < 1.29 is 24.0 Å². The Morgan fingerprint density at radius 3 is 2.24 bits per heavy atom. The third-order valence-corrected chi connectivity index (χ3v) is 9.97. The summed E-state index contributed by atoms with van der Waals surface area (Å²) in [6, 6.07) is 26.1. The number of halogens is 1. The number of thiophene rings is 1. The van der Waals surface area contributed by atoms with Gasteiger partial charge in [-0.15, -0.1) is 22.9 Å². The van der Waals surface area contributed by atoms with Crippen LogP contribution in [-0.4, -0.2) is 59.7 Å². The van der Waals surface area contributed by atoms with E-state index in [4.69, 9.17) is 11.6 Å². The lowest BCUT2D eigenvalue weighted by Gasteiger charge is -2.35. The highest BCUT2D eigenvalue weighted by Gasteiger charge is 2.34. The summed E-state index contributed by atoms with van der Waals surface area (Å²) in [4.78, 5) is 69.9. The van der Waals surface area contributed by atoms with E-state index in [0.29, 0.717) is 72.0 Å². The fourth-order valence-electron chi connectivity index (χ4n) is 6.26. The van der Waals surface area contributed by atoms with Crippen LogP contribution in [0.15, 0.2) is 108 Å². The zero-order valence-corrected chi connectivity index (χ0v) is 28.2. The summed E-state index contributed by atoms with van der Waals surface area (Å²) in [6.07, 6.45) is 3.08. The van der Waals surface area contributed by atoms with E-state index >= 15 is 0 Å². The van der Waals surface area contributed by atoms with Crippen molar-refractivity contribution in [2.45, 2.75) is 25.3 Å². The highest BCUT2D eigenvalue weighted by molar-refractivity contribution is 7.10. The van der Waals surface area contributed by atoms with Gasteiger partial charge in [-0.3, -0.25) is 28.9 Å². The zero-order valence-electron chi connectivity index (χ0n) is 26.6. The lowest BCUT2D eigenvalue weighted by molar-refractivity contribution is -0.125. The Morgan fingerprint density at radius 1 is 0.878 bits per heavy atom. The summed E-state index contributed by atoms with van der Waals surface area (Å²) in [7, 11) is 0. The molecule has 0 saturated carbocycles. The summed E-state index contributed by atoms with van der Waals surface area (Å²) in [5, 5.41) is 7.81. The average molecular weight is 695 g/mol. The van der Waals surface area contributed by atoms with Crippen LogP contribution in [-0.2, 0) is 20.8 Å². The van der Waals surface area contributed by atoms with E-state index in [2.05, 4.69) is 10.6 Å². The number of amides is 3. The van der Waals surface area contributed by atoms with Gasteiger partial charge in [0.25, 0.3) is 0 Å². The summed E-state index contributed by atoms with van der Waals surface area (Å²) >= 11 is 7.43. The van der Waals surface area contributed by atoms with Gasteiger partial charge in [-0.2, -0.15) is 0 Å². The number of alkyl halides is 1. The van der Waals surface area contributed by atoms with Crippen molar-refractivity contribution in [2.75, 3.05) is 35.7 Å². The molecule has 2 N–H and O–H groups in total. The quantitative estimate of drug-likeness (QED) is 0.185. The monoisotopic (exact) mass is 694 g/mol. The Hall–Kier alpha value is -5.06. The van der Waals surface area contributed by atoms with Gasteiger partial charge in [0, 0.05) is 59.0 Å². The number of ketones is 2. The molecule has 1 unspecified atom stereocenters. The average Bonchev–Trinajstić information content (AvgIpc) is 3.67. The molecule has 1 aliphatic carbocycles. The van der Waals surface area contributed by atoms with Crippen molar-refractivity contribution >= 4 is 63.6 Å². The van der Waals surface area contributed by atoms with E-state index < -0.39 is 11.9 Å². The number of allylic oxidation sites excluding steroid dienone is 2. The van der Waals surface area contributed by atoms with Crippen LogP contribution >= 0.6 is 22.9 Å². The molecule has 0 spiro atoms. The number of nitrogens with zero attached hydrogens (tertiary/aromatic N) is 2. The second kappa shape index (κ2) is 15.4. The van der Waals surface area contributed by atoms with Gasteiger partial charge in [-0.1, -0.05) is 60.7 Å². The minimum Gasteiger partial charge on any atom is -0.368 e. The molecule has 1 fully saturated rings. The van der Waals surface area contributed by atoms with Crippen LogP contribution < -0.4 is 15.5 Å². The lowest BCUT2D eigenvalue weighted by atomic mass is 9.90. The first-order valence-electron chi connectivity index (χ1n) is 16.1. The van der Waals surface area contributed by atoms with Crippen molar-refractivity contribution in [3.63, 3.8) is 0 Å². The van der Waals surface area contributed by atoms with E-state index in [-0.39, 0.29) is 35.2 Å². The molecule has 250 valence electrons. The van der Waals surface area contributed by atoms with Crippen molar-refractivity contribution in [3.05, 3.63) is 130 Å². The van der Waals surface area contributed by atoms with Crippen LogP contribution in [0.2, 0.25) is 0 Å². The van der Waals surface area contributed by atoms with Crippen LogP contribution in [0.5, 0.6) is 0 Å². The third-order valence-electron chi connectivity index (χ3n) is 8.82. The Morgan fingerprint density at radius 2 is 1.57 bits per heavy atom. The van der Waals surface area contributed by atoms with E-state index in [1.54, 1.807) is 48.5 Å². The van der Waals surface area contributed by atoms with Crippen molar-refractivity contribution in [1.29, 1.82) is 0 Å². The number of rotatable bonds is 11. The lowest BCUT2D eigenvalue weighted by Crippen LogP contribution is -2.44. The van der Waals surface area contributed by atoms with Crippen LogP contribution in [0.4, 0.5) is 11.4 Å². The first-order valence-corrected chi connectivity index (χ1v) is 17.5. The van der Waals surface area contributed by atoms with Gasteiger partial charge < -0.3 is 15.5 Å². The summed E-state index contributed by atoms with van der Waals surface area (Å²) in [6.45, 7) is 1.34. The molecule has 3 aromatic carbocycles. The largest absolute Gasteiger partial charge is 0.368 e. The predicted octanol–water partition coefficient (Wildman–Crippen LogP) is 6.03. The molecule has 1 saturated heterocycles. The number of hydrogen-bond donors (Lipinski definition) is 2.